The lowest BCUT2D eigenvalue weighted by atomic mass is 10.2. The van der Waals surface area contributed by atoms with Crippen LogP contribution in [0.25, 0.3) is 0 Å². The number of thiophene rings is 1. The van der Waals surface area contributed by atoms with Gasteiger partial charge in [-0.3, -0.25) is 4.79 Å². The molecule has 0 aliphatic carbocycles. The molecule has 1 heterocycles. The Balaban J connectivity index is 2.06. The Labute approximate surface area is 148 Å². The monoisotopic (exact) mass is 392 g/mol. The van der Waals surface area contributed by atoms with Crippen molar-refractivity contribution >= 4 is 56.2 Å². The van der Waals surface area contributed by atoms with Crippen LogP contribution in [0.15, 0.2) is 34.5 Å². The van der Waals surface area contributed by atoms with Crippen LogP contribution < -0.4 is 5.32 Å². The molecule has 1 aromatic carbocycles. The van der Waals surface area contributed by atoms with E-state index in [0.717, 1.165) is 21.2 Å². The fraction of sp³-hybridized carbons (Fsp3) is 0.214. The number of benzene rings is 1. The number of amides is 1. The van der Waals surface area contributed by atoms with Gasteiger partial charge in [0.15, 0.2) is 0 Å². The number of carbonyl (C=O) groups is 1. The number of nitrogens with one attached hydrogen (secondary N) is 1. The third-order valence-electron chi connectivity index (χ3n) is 3.03. The molecule has 0 aliphatic heterocycles. The third kappa shape index (κ3) is 4.45. The first-order valence-corrected chi connectivity index (χ1v) is 9.49. The van der Waals surface area contributed by atoms with Crippen LogP contribution in [-0.4, -0.2) is 32.2 Å². The van der Waals surface area contributed by atoms with Crippen LogP contribution in [0.5, 0.6) is 0 Å². The second kappa shape index (κ2) is 7.19. The molecule has 1 aromatic heterocycles. The zero-order valence-electron chi connectivity index (χ0n) is 12.3. The van der Waals surface area contributed by atoms with Crippen molar-refractivity contribution in [3.05, 3.63) is 45.3 Å². The molecule has 0 atom stereocenters. The molecule has 5 nitrogen and oxygen atoms in total. The minimum Gasteiger partial charge on any atom is -0.325 e. The number of hydrogen-bond acceptors (Lipinski definition) is 4. The van der Waals surface area contributed by atoms with E-state index in [9.17, 15) is 13.2 Å². The molecule has 0 saturated heterocycles. The van der Waals surface area contributed by atoms with Crippen LogP contribution in [0.3, 0.4) is 0 Å². The first-order valence-electron chi connectivity index (χ1n) is 6.48. The van der Waals surface area contributed by atoms with Gasteiger partial charge in [-0.2, -0.15) is 4.31 Å². The van der Waals surface area contributed by atoms with E-state index in [0.29, 0.717) is 15.0 Å². The van der Waals surface area contributed by atoms with Gasteiger partial charge < -0.3 is 5.32 Å². The first-order chi connectivity index (χ1) is 10.7. The summed E-state index contributed by atoms with van der Waals surface area (Å²) in [6.45, 7) is 1.53. The van der Waals surface area contributed by atoms with Gasteiger partial charge in [-0.05, 0) is 36.8 Å². The number of rotatable bonds is 5. The summed E-state index contributed by atoms with van der Waals surface area (Å²) in [4.78, 5) is 12.0. The van der Waals surface area contributed by atoms with Gasteiger partial charge >= 0.3 is 0 Å². The number of sulfonamides is 1. The molecule has 2 rings (SSSR count). The van der Waals surface area contributed by atoms with Gasteiger partial charge in [0.1, 0.15) is 4.21 Å². The zero-order chi connectivity index (χ0) is 17.2. The maximum atomic E-state index is 12.3. The van der Waals surface area contributed by atoms with Gasteiger partial charge in [0.2, 0.25) is 5.91 Å². The number of carbonyl (C=O) groups excluding carboxylic acids is 1. The van der Waals surface area contributed by atoms with Gasteiger partial charge in [-0.25, -0.2) is 8.42 Å². The Hall–Kier alpha value is -1.12. The lowest BCUT2D eigenvalue weighted by Crippen LogP contribution is -2.34. The number of anilines is 1. The summed E-state index contributed by atoms with van der Waals surface area (Å²) in [6, 6.07) is 8.00. The van der Waals surface area contributed by atoms with E-state index in [-0.39, 0.29) is 10.8 Å². The van der Waals surface area contributed by atoms with E-state index in [2.05, 4.69) is 5.32 Å². The number of halogens is 2. The van der Waals surface area contributed by atoms with E-state index < -0.39 is 15.9 Å². The minimum atomic E-state index is -3.74. The topological polar surface area (TPSA) is 66.5 Å². The van der Waals surface area contributed by atoms with Gasteiger partial charge in [0.05, 0.1) is 10.9 Å². The van der Waals surface area contributed by atoms with Crippen molar-refractivity contribution in [3.8, 4) is 0 Å². The summed E-state index contributed by atoms with van der Waals surface area (Å²) < 4.78 is 26.1. The predicted molar refractivity (Wildman–Crippen MR) is 94.0 cm³/mol. The normalized spacial score (nSPS) is 11.7. The molecule has 1 amide bonds. The largest absolute Gasteiger partial charge is 0.325 e. The Kier molecular flexibility index (Phi) is 5.70. The maximum Gasteiger partial charge on any atom is 0.252 e. The molecule has 23 heavy (non-hydrogen) atoms. The smallest absolute Gasteiger partial charge is 0.252 e. The highest BCUT2D eigenvalue weighted by atomic mass is 35.5. The van der Waals surface area contributed by atoms with Crippen molar-refractivity contribution in [2.75, 3.05) is 18.9 Å². The molecule has 9 heteroatoms. The molecule has 1 N–H and O–H groups in total. The number of nitrogens with zero attached hydrogens (tertiary/aromatic N) is 1. The quantitative estimate of drug-likeness (QED) is 0.844. The highest BCUT2D eigenvalue weighted by molar-refractivity contribution is 7.91. The summed E-state index contributed by atoms with van der Waals surface area (Å²) in [5.74, 6) is -0.460. The van der Waals surface area contributed by atoms with Gasteiger partial charge in [0, 0.05) is 17.8 Å². The van der Waals surface area contributed by atoms with Gasteiger partial charge in [-0.15, -0.1) is 11.3 Å². The van der Waals surface area contributed by atoms with Gasteiger partial charge in [-0.1, -0.05) is 29.3 Å². The van der Waals surface area contributed by atoms with E-state index in [1.54, 1.807) is 18.2 Å². The van der Waals surface area contributed by atoms with Crippen LogP contribution in [-0.2, 0) is 14.8 Å². The molecule has 0 spiro atoms. The van der Waals surface area contributed by atoms with E-state index in [1.807, 2.05) is 6.92 Å². The summed E-state index contributed by atoms with van der Waals surface area (Å²) in [5, 5.41) is 3.14. The second-order valence-corrected chi connectivity index (χ2v) is 9.23. The lowest BCUT2D eigenvalue weighted by molar-refractivity contribution is -0.116. The summed E-state index contributed by atoms with van der Waals surface area (Å²) >= 11 is 12.7. The number of aryl methyl sites for hydroxylation is 1. The summed E-state index contributed by atoms with van der Waals surface area (Å²) in [6.07, 6.45) is 0. The van der Waals surface area contributed by atoms with Crippen LogP contribution in [0.4, 0.5) is 5.69 Å². The number of hydrogen-bond donors (Lipinski definition) is 1. The molecule has 0 bridgehead atoms. The fourth-order valence-electron chi connectivity index (χ4n) is 1.75. The Morgan fingerprint density at radius 2 is 1.96 bits per heavy atom. The summed E-state index contributed by atoms with van der Waals surface area (Å²) in [7, 11) is -2.40. The SMILES string of the molecule is Cc1ccc(NC(=O)CN(C)S(=O)(=O)c2ccc(Cl)s2)cc1Cl. The number of likely N-dealkylation sites (N-methyl/N-ethyl adjacent to an activating group) is 1. The maximum absolute atomic E-state index is 12.3. The third-order valence-corrected chi connectivity index (χ3v) is 6.94. The highest BCUT2D eigenvalue weighted by Gasteiger charge is 2.24. The van der Waals surface area contributed by atoms with Gasteiger partial charge in [0.25, 0.3) is 10.0 Å². The highest BCUT2D eigenvalue weighted by Crippen LogP contribution is 2.27. The average molecular weight is 393 g/mol. The summed E-state index contributed by atoms with van der Waals surface area (Å²) in [5.41, 5.74) is 1.40. The second-order valence-electron chi connectivity index (χ2n) is 4.83. The fourth-order valence-corrected chi connectivity index (χ4v) is 4.75. The van der Waals surface area contributed by atoms with Crippen molar-refractivity contribution in [1.29, 1.82) is 0 Å². The molecule has 0 saturated carbocycles. The standard InChI is InChI=1S/C14H14Cl2N2O3S2/c1-9-3-4-10(7-11(9)15)17-13(19)8-18(2)23(20,21)14-6-5-12(16)22-14/h3-7H,8H2,1-2H3,(H,17,19). The van der Waals surface area contributed by atoms with Crippen LogP contribution in [0, 0.1) is 6.92 Å². The Morgan fingerprint density at radius 3 is 2.52 bits per heavy atom. The zero-order valence-corrected chi connectivity index (χ0v) is 15.5. The van der Waals surface area contributed by atoms with E-state index in [1.165, 1.54) is 19.2 Å². The molecule has 0 fully saturated rings. The van der Waals surface area contributed by atoms with Crippen molar-refractivity contribution in [1.82, 2.24) is 4.31 Å². The molecule has 0 unspecified atom stereocenters. The molecule has 0 radical (unpaired) electrons. The van der Waals surface area contributed by atoms with E-state index >= 15 is 0 Å². The Morgan fingerprint density at radius 1 is 1.26 bits per heavy atom. The van der Waals surface area contributed by atoms with Crippen molar-refractivity contribution in [3.63, 3.8) is 0 Å². The molecule has 2 aromatic rings. The van der Waals surface area contributed by atoms with Crippen LogP contribution >= 0.6 is 34.5 Å². The molecule has 124 valence electrons. The van der Waals surface area contributed by atoms with Crippen molar-refractivity contribution < 1.29 is 13.2 Å². The van der Waals surface area contributed by atoms with E-state index in [4.69, 9.17) is 23.2 Å². The minimum absolute atomic E-state index is 0.0937. The molecular formula is C14H14Cl2N2O3S2. The van der Waals surface area contributed by atoms with Crippen LogP contribution in [0.2, 0.25) is 9.36 Å². The average Bonchev–Trinajstić information content (AvgIpc) is 2.90. The molecular weight excluding hydrogens is 379 g/mol. The first kappa shape index (κ1) is 18.2. The van der Waals surface area contributed by atoms with Crippen LogP contribution in [0.1, 0.15) is 5.56 Å². The van der Waals surface area contributed by atoms with Crippen molar-refractivity contribution in [2.45, 2.75) is 11.1 Å². The van der Waals surface area contributed by atoms with Crippen molar-refractivity contribution in [2.24, 2.45) is 0 Å². The lowest BCUT2D eigenvalue weighted by Gasteiger charge is -2.16. The predicted octanol–water partition coefficient (Wildman–Crippen LogP) is 3.62. The Bertz CT molecular complexity index is 834. The molecule has 0 aliphatic rings.